The SMILES string of the molecule is CCON1C(C)(C)CC2(CC1(C)C)OC(C)(CC)CC2=O. The highest BCUT2D eigenvalue weighted by Gasteiger charge is 2.62. The zero-order valence-electron chi connectivity index (χ0n) is 14.7. The molecule has 2 aliphatic rings. The molecule has 2 aliphatic heterocycles. The van der Waals surface area contributed by atoms with Crippen LogP contribution in [0, 0.1) is 0 Å². The lowest BCUT2D eigenvalue weighted by molar-refractivity contribution is -0.306. The van der Waals surface area contributed by atoms with Gasteiger partial charge in [0.05, 0.1) is 12.2 Å². The minimum absolute atomic E-state index is 0.230. The van der Waals surface area contributed by atoms with Gasteiger partial charge in [-0.3, -0.25) is 9.63 Å². The summed E-state index contributed by atoms with van der Waals surface area (Å²) < 4.78 is 6.40. The summed E-state index contributed by atoms with van der Waals surface area (Å²) in [7, 11) is 0. The fourth-order valence-electron chi connectivity index (χ4n) is 4.43. The largest absolute Gasteiger partial charge is 0.360 e. The van der Waals surface area contributed by atoms with Gasteiger partial charge in [0.25, 0.3) is 0 Å². The van der Waals surface area contributed by atoms with Crippen molar-refractivity contribution in [3.63, 3.8) is 0 Å². The molecular formula is C17H31NO3. The van der Waals surface area contributed by atoms with Crippen LogP contribution in [0.4, 0.5) is 0 Å². The van der Waals surface area contributed by atoms with Crippen LogP contribution in [0.2, 0.25) is 0 Å². The number of nitrogens with zero attached hydrogens (tertiary/aromatic N) is 1. The van der Waals surface area contributed by atoms with Crippen LogP contribution < -0.4 is 0 Å². The minimum atomic E-state index is -0.647. The van der Waals surface area contributed by atoms with Gasteiger partial charge in [0.2, 0.25) is 0 Å². The second kappa shape index (κ2) is 5.04. The lowest BCUT2D eigenvalue weighted by Crippen LogP contribution is -2.66. The molecule has 1 unspecified atom stereocenters. The summed E-state index contributed by atoms with van der Waals surface area (Å²) in [6, 6.07) is 0. The third-order valence-electron chi connectivity index (χ3n) is 5.03. The lowest BCUT2D eigenvalue weighted by Gasteiger charge is -2.56. The molecule has 2 saturated heterocycles. The van der Waals surface area contributed by atoms with E-state index < -0.39 is 5.60 Å². The van der Waals surface area contributed by atoms with Crippen LogP contribution in [0.3, 0.4) is 0 Å². The van der Waals surface area contributed by atoms with Crippen molar-refractivity contribution in [1.82, 2.24) is 5.06 Å². The number of hydroxylamine groups is 2. The first-order valence-corrected chi connectivity index (χ1v) is 8.17. The molecule has 2 heterocycles. The molecule has 0 aromatic rings. The van der Waals surface area contributed by atoms with Crippen molar-refractivity contribution in [3.05, 3.63) is 0 Å². The summed E-state index contributed by atoms with van der Waals surface area (Å²) in [6.07, 6.45) is 2.79. The van der Waals surface area contributed by atoms with Gasteiger partial charge in [-0.1, -0.05) is 6.92 Å². The molecule has 1 atom stereocenters. The van der Waals surface area contributed by atoms with E-state index in [1.807, 2.05) is 6.92 Å². The zero-order valence-corrected chi connectivity index (χ0v) is 14.7. The Kier molecular flexibility index (Phi) is 4.06. The van der Waals surface area contributed by atoms with Crippen molar-refractivity contribution in [3.8, 4) is 0 Å². The average Bonchev–Trinajstić information content (AvgIpc) is 2.55. The topological polar surface area (TPSA) is 38.8 Å². The van der Waals surface area contributed by atoms with E-state index in [1.54, 1.807) is 0 Å². The summed E-state index contributed by atoms with van der Waals surface area (Å²) in [5, 5.41) is 2.07. The van der Waals surface area contributed by atoms with Gasteiger partial charge in [-0.2, -0.15) is 5.06 Å². The standard InChI is InChI=1S/C17H31NO3/c1-8-16(7)10-13(19)17(21-16)11-14(3,4)18(20-9-2)15(5,6)12-17/h8-12H2,1-7H3. The number of rotatable bonds is 3. The maximum absolute atomic E-state index is 12.8. The first-order valence-electron chi connectivity index (χ1n) is 8.17. The number of carbonyl (C=O) groups excluding carboxylic acids is 1. The van der Waals surface area contributed by atoms with E-state index in [2.05, 4.69) is 46.6 Å². The van der Waals surface area contributed by atoms with E-state index in [0.717, 1.165) is 6.42 Å². The van der Waals surface area contributed by atoms with Gasteiger partial charge in [-0.15, -0.1) is 0 Å². The van der Waals surface area contributed by atoms with E-state index in [0.29, 0.717) is 25.9 Å². The summed E-state index contributed by atoms with van der Waals surface area (Å²) in [6.45, 7) is 15.4. The predicted octanol–water partition coefficient (Wildman–Crippen LogP) is 3.49. The zero-order chi connectivity index (χ0) is 16.1. The summed E-state index contributed by atoms with van der Waals surface area (Å²) in [5.74, 6) is 0.268. The Bertz CT molecular complexity index is 412. The van der Waals surface area contributed by atoms with E-state index in [9.17, 15) is 4.79 Å². The molecule has 0 aromatic heterocycles. The van der Waals surface area contributed by atoms with Crippen molar-refractivity contribution in [2.24, 2.45) is 0 Å². The minimum Gasteiger partial charge on any atom is -0.360 e. The van der Waals surface area contributed by atoms with Gasteiger partial charge in [0.1, 0.15) is 5.60 Å². The molecule has 0 bridgehead atoms. The molecule has 0 radical (unpaired) electrons. The summed E-state index contributed by atoms with van der Waals surface area (Å²) in [4.78, 5) is 18.7. The Hall–Kier alpha value is -0.450. The quantitative estimate of drug-likeness (QED) is 0.799. The molecule has 0 amide bonds. The van der Waals surface area contributed by atoms with Crippen LogP contribution in [0.5, 0.6) is 0 Å². The fraction of sp³-hybridized carbons (Fsp3) is 0.941. The van der Waals surface area contributed by atoms with Crippen molar-refractivity contribution >= 4 is 5.78 Å². The smallest absolute Gasteiger partial charge is 0.167 e. The number of Topliss-reactive ketones (excluding diaryl/α,β-unsaturated/α-hetero) is 1. The number of hydrogen-bond donors (Lipinski definition) is 0. The highest BCUT2D eigenvalue weighted by atomic mass is 16.7. The number of hydrogen-bond acceptors (Lipinski definition) is 4. The number of carbonyl (C=O) groups is 1. The molecule has 122 valence electrons. The van der Waals surface area contributed by atoms with Gasteiger partial charge in [0.15, 0.2) is 5.78 Å². The van der Waals surface area contributed by atoms with Crippen molar-refractivity contribution in [1.29, 1.82) is 0 Å². The summed E-state index contributed by atoms with van der Waals surface area (Å²) in [5.41, 5.74) is -1.42. The third kappa shape index (κ3) is 2.78. The molecule has 1 spiro atoms. The Labute approximate surface area is 129 Å². The maximum Gasteiger partial charge on any atom is 0.167 e. The van der Waals surface area contributed by atoms with Crippen molar-refractivity contribution < 1.29 is 14.4 Å². The van der Waals surface area contributed by atoms with E-state index >= 15 is 0 Å². The molecule has 0 N–H and O–H groups in total. The van der Waals surface area contributed by atoms with Gasteiger partial charge < -0.3 is 4.74 Å². The van der Waals surface area contributed by atoms with Crippen LogP contribution in [0.15, 0.2) is 0 Å². The van der Waals surface area contributed by atoms with E-state index in [1.165, 1.54) is 0 Å². The molecule has 0 aromatic carbocycles. The Morgan fingerprint density at radius 3 is 2.00 bits per heavy atom. The average molecular weight is 297 g/mol. The van der Waals surface area contributed by atoms with Crippen LogP contribution >= 0.6 is 0 Å². The maximum atomic E-state index is 12.8. The highest BCUT2D eigenvalue weighted by Crippen LogP contribution is 2.51. The molecule has 0 aliphatic carbocycles. The first-order chi connectivity index (χ1) is 9.50. The number of piperidine rings is 1. The normalized spacial score (nSPS) is 34.5. The second-order valence-corrected chi connectivity index (χ2v) is 8.19. The highest BCUT2D eigenvalue weighted by molar-refractivity contribution is 5.90. The van der Waals surface area contributed by atoms with Crippen LogP contribution in [-0.4, -0.2) is 39.7 Å². The molecule has 4 nitrogen and oxygen atoms in total. The monoisotopic (exact) mass is 297 g/mol. The van der Waals surface area contributed by atoms with Gasteiger partial charge in [-0.05, 0) is 48.0 Å². The molecule has 0 saturated carbocycles. The lowest BCUT2D eigenvalue weighted by atomic mass is 9.70. The van der Waals surface area contributed by atoms with Crippen LogP contribution in [-0.2, 0) is 14.4 Å². The van der Waals surface area contributed by atoms with Crippen molar-refractivity contribution in [2.45, 2.75) is 96.4 Å². The molecular weight excluding hydrogens is 266 g/mol. The van der Waals surface area contributed by atoms with E-state index in [4.69, 9.17) is 9.57 Å². The molecule has 2 fully saturated rings. The fourth-order valence-corrected chi connectivity index (χ4v) is 4.43. The molecule has 2 rings (SSSR count). The van der Waals surface area contributed by atoms with Crippen LogP contribution in [0.1, 0.15) is 74.1 Å². The Morgan fingerprint density at radius 1 is 1.10 bits per heavy atom. The number of ether oxygens (including phenoxy) is 1. The van der Waals surface area contributed by atoms with Gasteiger partial charge in [0, 0.05) is 30.3 Å². The van der Waals surface area contributed by atoms with Gasteiger partial charge in [-0.25, -0.2) is 0 Å². The van der Waals surface area contributed by atoms with E-state index in [-0.39, 0.29) is 22.5 Å². The Balaban J connectivity index is 2.36. The second-order valence-electron chi connectivity index (χ2n) is 8.19. The molecule has 21 heavy (non-hydrogen) atoms. The summed E-state index contributed by atoms with van der Waals surface area (Å²) >= 11 is 0. The van der Waals surface area contributed by atoms with Crippen LogP contribution in [0.25, 0.3) is 0 Å². The van der Waals surface area contributed by atoms with Gasteiger partial charge >= 0.3 is 0 Å². The van der Waals surface area contributed by atoms with Crippen molar-refractivity contribution in [2.75, 3.05) is 6.61 Å². The Morgan fingerprint density at radius 2 is 1.62 bits per heavy atom. The predicted molar refractivity (Wildman–Crippen MR) is 83.0 cm³/mol. The third-order valence-corrected chi connectivity index (χ3v) is 5.03. The first kappa shape index (κ1) is 16.9. The number of ketones is 1. The molecule has 4 heteroatoms.